The van der Waals surface area contributed by atoms with Gasteiger partial charge in [0.1, 0.15) is 0 Å². The van der Waals surface area contributed by atoms with Gasteiger partial charge >= 0.3 is 5.97 Å². The van der Waals surface area contributed by atoms with Gasteiger partial charge in [0.15, 0.2) is 0 Å². The normalized spacial score (nSPS) is 20.8. The first kappa shape index (κ1) is 9.90. The molecule has 1 aliphatic rings. The van der Waals surface area contributed by atoms with Crippen LogP contribution in [0.5, 0.6) is 0 Å². The number of aliphatic carboxylic acids is 1. The summed E-state index contributed by atoms with van der Waals surface area (Å²) in [6.45, 7) is 0. The molecular weight excluding hydrogens is 190 g/mol. The lowest BCUT2D eigenvalue weighted by atomic mass is 9.87. The van der Waals surface area contributed by atoms with Crippen LogP contribution < -0.4 is 0 Å². The van der Waals surface area contributed by atoms with E-state index in [1.54, 1.807) is 6.20 Å². The molecule has 0 saturated heterocycles. The Morgan fingerprint density at radius 1 is 1.47 bits per heavy atom. The molecular formula is C12H13NO2. The standard InChI is InChI=1S/C12H13NO2/c14-12(15)10-6-4-9(5-7-10)11-3-1-2-8-13-11/h1-3,6,8-9H,4-5,7H2,(H,14,15). The first-order valence-corrected chi connectivity index (χ1v) is 5.10. The molecule has 0 aromatic carbocycles. The van der Waals surface area contributed by atoms with E-state index < -0.39 is 5.97 Å². The zero-order valence-electron chi connectivity index (χ0n) is 8.39. The molecule has 0 aliphatic heterocycles. The molecule has 1 atom stereocenters. The average molecular weight is 203 g/mol. The molecule has 0 fully saturated rings. The van der Waals surface area contributed by atoms with Gasteiger partial charge in [-0.15, -0.1) is 0 Å². The smallest absolute Gasteiger partial charge is 0.331 e. The van der Waals surface area contributed by atoms with Gasteiger partial charge in [0.2, 0.25) is 0 Å². The zero-order valence-corrected chi connectivity index (χ0v) is 8.39. The van der Waals surface area contributed by atoms with Gasteiger partial charge in [-0.25, -0.2) is 4.79 Å². The van der Waals surface area contributed by atoms with Gasteiger partial charge in [0, 0.05) is 23.4 Å². The van der Waals surface area contributed by atoms with Crippen molar-refractivity contribution in [3.8, 4) is 0 Å². The number of rotatable bonds is 2. The molecule has 0 saturated carbocycles. The summed E-state index contributed by atoms with van der Waals surface area (Å²) in [5.41, 5.74) is 1.61. The Balaban J connectivity index is 2.09. The minimum Gasteiger partial charge on any atom is -0.478 e. The summed E-state index contributed by atoms with van der Waals surface area (Å²) in [5.74, 6) is -0.399. The highest BCUT2D eigenvalue weighted by molar-refractivity contribution is 5.86. The molecule has 1 aromatic rings. The predicted molar refractivity (Wildman–Crippen MR) is 56.5 cm³/mol. The number of aromatic nitrogens is 1. The van der Waals surface area contributed by atoms with E-state index in [1.165, 1.54) is 0 Å². The Bertz CT molecular complexity index is 384. The van der Waals surface area contributed by atoms with Crippen molar-refractivity contribution in [3.05, 3.63) is 41.7 Å². The highest BCUT2D eigenvalue weighted by Gasteiger charge is 2.19. The molecule has 2 rings (SSSR count). The summed E-state index contributed by atoms with van der Waals surface area (Å²) in [6.07, 6.45) is 5.93. The maximum Gasteiger partial charge on any atom is 0.331 e. The third-order valence-electron chi connectivity index (χ3n) is 2.79. The van der Waals surface area contributed by atoms with Gasteiger partial charge in [-0.3, -0.25) is 4.98 Å². The molecule has 78 valence electrons. The van der Waals surface area contributed by atoms with Gasteiger partial charge < -0.3 is 5.11 Å². The van der Waals surface area contributed by atoms with Crippen LogP contribution in [0, 0.1) is 0 Å². The summed E-state index contributed by atoms with van der Waals surface area (Å²) in [4.78, 5) is 15.0. The Hall–Kier alpha value is -1.64. The minimum atomic E-state index is -0.783. The molecule has 0 bridgehead atoms. The third-order valence-corrected chi connectivity index (χ3v) is 2.79. The number of hydrogen-bond donors (Lipinski definition) is 1. The second-order valence-corrected chi connectivity index (χ2v) is 3.76. The second-order valence-electron chi connectivity index (χ2n) is 3.76. The minimum absolute atomic E-state index is 0.384. The van der Waals surface area contributed by atoms with Crippen LogP contribution in [-0.4, -0.2) is 16.1 Å². The predicted octanol–water partition coefficient (Wildman–Crippen LogP) is 2.36. The van der Waals surface area contributed by atoms with Gasteiger partial charge in [-0.2, -0.15) is 0 Å². The van der Waals surface area contributed by atoms with E-state index in [9.17, 15) is 4.79 Å². The second kappa shape index (κ2) is 4.26. The maximum absolute atomic E-state index is 10.7. The fourth-order valence-corrected chi connectivity index (χ4v) is 1.91. The molecule has 15 heavy (non-hydrogen) atoms. The van der Waals surface area contributed by atoms with Crippen LogP contribution in [0.15, 0.2) is 36.0 Å². The van der Waals surface area contributed by atoms with Crippen LogP contribution in [0.2, 0.25) is 0 Å². The Morgan fingerprint density at radius 2 is 2.33 bits per heavy atom. The highest BCUT2D eigenvalue weighted by atomic mass is 16.4. The van der Waals surface area contributed by atoms with Crippen molar-refractivity contribution in [1.29, 1.82) is 0 Å². The molecule has 1 aliphatic carbocycles. The molecule has 0 radical (unpaired) electrons. The van der Waals surface area contributed by atoms with Crippen molar-refractivity contribution >= 4 is 5.97 Å². The molecule has 1 N–H and O–H groups in total. The number of carboxylic acids is 1. The lowest BCUT2D eigenvalue weighted by Crippen LogP contribution is -2.10. The number of allylic oxidation sites excluding steroid dienone is 1. The van der Waals surface area contributed by atoms with Crippen LogP contribution in [0.1, 0.15) is 30.9 Å². The SMILES string of the molecule is O=C(O)C1=CCC(c2ccccn2)CC1. The molecule has 0 spiro atoms. The van der Waals surface area contributed by atoms with E-state index in [4.69, 9.17) is 5.11 Å². The van der Waals surface area contributed by atoms with Crippen molar-refractivity contribution < 1.29 is 9.90 Å². The fraction of sp³-hybridized carbons (Fsp3) is 0.333. The molecule has 3 nitrogen and oxygen atoms in total. The third kappa shape index (κ3) is 2.24. The van der Waals surface area contributed by atoms with Gasteiger partial charge in [-0.1, -0.05) is 12.1 Å². The van der Waals surface area contributed by atoms with Crippen molar-refractivity contribution in [1.82, 2.24) is 4.98 Å². The van der Waals surface area contributed by atoms with E-state index in [1.807, 2.05) is 24.3 Å². The Kier molecular flexibility index (Phi) is 2.81. The number of carboxylic acid groups (broad SMARTS) is 1. The molecule has 3 heteroatoms. The first-order valence-electron chi connectivity index (χ1n) is 5.10. The number of nitrogens with zero attached hydrogens (tertiary/aromatic N) is 1. The van der Waals surface area contributed by atoms with E-state index in [0.29, 0.717) is 17.9 Å². The van der Waals surface area contributed by atoms with E-state index in [-0.39, 0.29) is 0 Å². The Labute approximate surface area is 88.5 Å². The van der Waals surface area contributed by atoms with Crippen molar-refractivity contribution in [2.45, 2.75) is 25.2 Å². The largest absolute Gasteiger partial charge is 0.478 e. The van der Waals surface area contributed by atoms with Crippen molar-refractivity contribution in [3.63, 3.8) is 0 Å². The number of pyridine rings is 1. The summed E-state index contributed by atoms with van der Waals surface area (Å²) >= 11 is 0. The van der Waals surface area contributed by atoms with Crippen LogP contribution in [-0.2, 0) is 4.79 Å². The molecule has 0 amide bonds. The number of carbonyl (C=O) groups is 1. The lowest BCUT2D eigenvalue weighted by molar-refractivity contribution is -0.132. The lowest BCUT2D eigenvalue weighted by Gasteiger charge is -2.19. The maximum atomic E-state index is 10.7. The quantitative estimate of drug-likeness (QED) is 0.802. The number of hydrogen-bond acceptors (Lipinski definition) is 2. The van der Waals surface area contributed by atoms with Crippen LogP contribution >= 0.6 is 0 Å². The van der Waals surface area contributed by atoms with Crippen LogP contribution in [0.3, 0.4) is 0 Å². The summed E-state index contributed by atoms with van der Waals surface area (Å²) in [7, 11) is 0. The highest BCUT2D eigenvalue weighted by Crippen LogP contribution is 2.30. The summed E-state index contributed by atoms with van der Waals surface area (Å²) in [6, 6.07) is 5.87. The zero-order chi connectivity index (χ0) is 10.7. The molecule has 1 aromatic heterocycles. The van der Waals surface area contributed by atoms with E-state index in [0.717, 1.165) is 18.5 Å². The van der Waals surface area contributed by atoms with Gasteiger partial charge in [0.25, 0.3) is 0 Å². The Morgan fingerprint density at radius 3 is 2.87 bits per heavy atom. The monoisotopic (exact) mass is 203 g/mol. The van der Waals surface area contributed by atoms with Crippen molar-refractivity contribution in [2.24, 2.45) is 0 Å². The van der Waals surface area contributed by atoms with Gasteiger partial charge in [0.05, 0.1) is 0 Å². The van der Waals surface area contributed by atoms with Crippen molar-refractivity contribution in [2.75, 3.05) is 0 Å². The summed E-state index contributed by atoms with van der Waals surface area (Å²) in [5, 5.41) is 8.81. The average Bonchev–Trinajstić information content (AvgIpc) is 2.30. The fourth-order valence-electron chi connectivity index (χ4n) is 1.91. The molecule has 1 unspecified atom stereocenters. The van der Waals surface area contributed by atoms with Crippen LogP contribution in [0.4, 0.5) is 0 Å². The molecule has 1 heterocycles. The van der Waals surface area contributed by atoms with Crippen LogP contribution in [0.25, 0.3) is 0 Å². The van der Waals surface area contributed by atoms with Gasteiger partial charge in [-0.05, 0) is 31.4 Å². The van der Waals surface area contributed by atoms with E-state index in [2.05, 4.69) is 4.98 Å². The topological polar surface area (TPSA) is 50.2 Å². The first-order chi connectivity index (χ1) is 7.27. The van der Waals surface area contributed by atoms with E-state index >= 15 is 0 Å². The summed E-state index contributed by atoms with van der Waals surface area (Å²) < 4.78 is 0.